The number of esters is 1. The van der Waals surface area contributed by atoms with Gasteiger partial charge in [-0.1, -0.05) is 26.0 Å². The summed E-state index contributed by atoms with van der Waals surface area (Å²) >= 11 is 0. The van der Waals surface area contributed by atoms with Crippen molar-refractivity contribution in [3.05, 3.63) is 35.1 Å². The number of carbonyl (C=O) groups is 7. The number of hydrogen-bond donors (Lipinski definition) is 4. The minimum atomic E-state index is -3.98. The SMILES string of the molecule is CC(C)C1CC1(NC(=O)C1CC(OC(=O)N2Cc3cccc(F)c3C2)CN1C(=O)C(CCNC(=O)C1CCC(=O)O1)NC(=O)OC(C)(C)C)C(=O)NS(=O)(=O)C1CC1. The topological polar surface area (TPSA) is 236 Å². The molecule has 0 radical (unpaired) electrons. The van der Waals surface area contributed by atoms with Crippen molar-refractivity contribution in [2.24, 2.45) is 11.8 Å². The molecular weight excluding hydrogens is 784 g/mol. The fourth-order valence-electron chi connectivity index (χ4n) is 7.71. The van der Waals surface area contributed by atoms with E-state index in [1.165, 1.54) is 17.0 Å². The zero-order valence-electron chi connectivity index (χ0n) is 33.1. The summed E-state index contributed by atoms with van der Waals surface area (Å²) in [5.41, 5.74) is -1.64. The maximum Gasteiger partial charge on any atom is 0.410 e. The van der Waals surface area contributed by atoms with Crippen LogP contribution >= 0.6 is 0 Å². The molecule has 0 aromatic heterocycles. The number of nitrogens with one attached hydrogen (secondary N) is 4. The molecule has 6 amide bonds. The number of likely N-dealkylation sites (tertiary alicyclic amines) is 1. The third-order valence-corrected chi connectivity index (χ3v) is 12.8. The van der Waals surface area contributed by atoms with E-state index in [1.807, 2.05) is 13.8 Å². The number of alkyl carbamates (subject to hydrolysis) is 1. The van der Waals surface area contributed by atoms with Crippen LogP contribution < -0.4 is 20.7 Å². The molecule has 6 rings (SSSR count). The second kappa shape index (κ2) is 16.3. The van der Waals surface area contributed by atoms with Crippen molar-refractivity contribution in [2.45, 2.75) is 133 Å². The van der Waals surface area contributed by atoms with Gasteiger partial charge in [0.25, 0.3) is 11.8 Å². The molecule has 1 aromatic carbocycles. The van der Waals surface area contributed by atoms with Gasteiger partial charge in [-0.05, 0) is 69.9 Å². The molecule has 3 aliphatic heterocycles. The third-order valence-electron chi connectivity index (χ3n) is 11.0. The first kappa shape index (κ1) is 42.6. The molecule has 18 nitrogen and oxygen atoms in total. The molecule has 4 fully saturated rings. The maximum atomic E-state index is 14.5. The van der Waals surface area contributed by atoms with Crippen LogP contribution in [0, 0.1) is 17.7 Å². The zero-order chi connectivity index (χ0) is 42.3. The first-order valence-corrected chi connectivity index (χ1v) is 21.1. The summed E-state index contributed by atoms with van der Waals surface area (Å²) in [6, 6.07) is 1.71. The van der Waals surface area contributed by atoms with Gasteiger partial charge >= 0.3 is 18.2 Å². The fourth-order valence-corrected chi connectivity index (χ4v) is 9.08. The van der Waals surface area contributed by atoms with Gasteiger partial charge in [0.15, 0.2) is 6.10 Å². The molecule has 2 saturated carbocycles. The minimum Gasteiger partial charge on any atom is -0.452 e. The average Bonchev–Trinajstić information content (AvgIpc) is 3.96. The van der Waals surface area contributed by atoms with Gasteiger partial charge in [0, 0.05) is 37.9 Å². The lowest BCUT2D eigenvalue weighted by atomic mass is 10.0. The van der Waals surface area contributed by atoms with Crippen molar-refractivity contribution >= 4 is 51.8 Å². The van der Waals surface area contributed by atoms with E-state index in [0.717, 1.165) is 4.90 Å². The molecule has 0 bridgehead atoms. The quantitative estimate of drug-likeness (QED) is 0.164. The molecule has 318 valence electrons. The van der Waals surface area contributed by atoms with E-state index >= 15 is 0 Å². The molecule has 2 aliphatic carbocycles. The number of nitrogens with zero attached hydrogens (tertiary/aromatic N) is 2. The maximum absolute atomic E-state index is 14.5. The number of rotatable bonds is 13. The molecule has 1 aromatic rings. The van der Waals surface area contributed by atoms with Crippen molar-refractivity contribution in [1.82, 2.24) is 30.5 Å². The summed E-state index contributed by atoms with van der Waals surface area (Å²) in [6.07, 6.45) is -3.16. The van der Waals surface area contributed by atoms with Gasteiger partial charge in [-0.25, -0.2) is 22.4 Å². The molecule has 0 spiro atoms. The summed E-state index contributed by atoms with van der Waals surface area (Å²) in [7, 11) is -3.98. The Morgan fingerprint density at radius 3 is 2.38 bits per heavy atom. The van der Waals surface area contributed by atoms with Crippen molar-refractivity contribution < 1.29 is 60.6 Å². The number of carbonyl (C=O) groups excluding carboxylic acids is 7. The Hall–Kier alpha value is -5.01. The molecule has 4 N–H and O–H groups in total. The van der Waals surface area contributed by atoms with Gasteiger partial charge < -0.3 is 35.1 Å². The van der Waals surface area contributed by atoms with Gasteiger partial charge in [0.2, 0.25) is 21.8 Å². The first-order chi connectivity index (χ1) is 27.2. The van der Waals surface area contributed by atoms with Gasteiger partial charge in [-0.2, -0.15) is 0 Å². The Kier molecular flexibility index (Phi) is 12.0. The Labute approximate surface area is 335 Å². The van der Waals surface area contributed by atoms with Gasteiger partial charge in [-0.3, -0.25) is 33.6 Å². The van der Waals surface area contributed by atoms with Crippen LogP contribution in [0.25, 0.3) is 0 Å². The normalized spacial score (nSPS) is 25.7. The predicted octanol–water partition coefficient (Wildman–Crippen LogP) is 1.49. The van der Waals surface area contributed by atoms with Crippen LogP contribution in [0.2, 0.25) is 0 Å². The largest absolute Gasteiger partial charge is 0.452 e. The molecule has 3 heterocycles. The Morgan fingerprint density at radius 2 is 1.78 bits per heavy atom. The van der Waals surface area contributed by atoms with Gasteiger partial charge in [0.05, 0.1) is 18.3 Å². The van der Waals surface area contributed by atoms with Crippen LogP contribution in [-0.4, -0.2) is 114 Å². The third kappa shape index (κ3) is 9.64. The van der Waals surface area contributed by atoms with E-state index < -0.39 is 104 Å². The standard InChI is InChI=1S/C38H51FN6O12S/c1-20(2)25-16-38(25,34(50)43-58(53,54)23-9-10-23)42-31(47)28-15-22(55-36(52)44-17-21-7-6-8-26(39)24(21)19-44)18-45(28)33(49)27(41-35(51)57-37(3,4)5)13-14-40-32(48)29-11-12-30(46)56-29/h6-8,20,22-23,25,27-29H,9-19H2,1-5H3,(H,40,48)(H,41,51)(H,42,47)(H,43,50). The number of amides is 6. The lowest BCUT2D eigenvalue weighted by Crippen LogP contribution is -2.59. The summed E-state index contributed by atoms with van der Waals surface area (Å²) in [5.74, 6) is -4.71. The average molecular weight is 835 g/mol. The first-order valence-electron chi connectivity index (χ1n) is 19.5. The lowest BCUT2D eigenvalue weighted by Gasteiger charge is -2.30. The van der Waals surface area contributed by atoms with Crippen LogP contribution in [0.1, 0.15) is 90.7 Å². The molecule has 6 unspecified atom stereocenters. The number of halogens is 1. The van der Waals surface area contributed by atoms with Crippen molar-refractivity contribution in [2.75, 3.05) is 13.1 Å². The van der Waals surface area contributed by atoms with Crippen molar-refractivity contribution in [3.63, 3.8) is 0 Å². The van der Waals surface area contributed by atoms with E-state index in [1.54, 1.807) is 26.8 Å². The van der Waals surface area contributed by atoms with E-state index in [9.17, 15) is 46.4 Å². The predicted molar refractivity (Wildman–Crippen MR) is 200 cm³/mol. The van der Waals surface area contributed by atoms with Gasteiger partial charge in [0.1, 0.15) is 35.1 Å². The summed E-state index contributed by atoms with van der Waals surface area (Å²) in [4.78, 5) is 95.6. The Morgan fingerprint density at radius 1 is 1.05 bits per heavy atom. The van der Waals surface area contributed by atoms with E-state index in [4.69, 9.17) is 14.2 Å². The number of ether oxygens (including phenoxy) is 3. The number of hydrogen-bond acceptors (Lipinski definition) is 12. The number of fused-ring (bicyclic) bond motifs is 1. The highest BCUT2D eigenvalue weighted by molar-refractivity contribution is 7.91. The second-order valence-electron chi connectivity index (χ2n) is 17.0. The van der Waals surface area contributed by atoms with Crippen LogP contribution in [0.4, 0.5) is 14.0 Å². The molecule has 5 aliphatic rings. The van der Waals surface area contributed by atoms with Crippen LogP contribution in [0.15, 0.2) is 18.2 Å². The highest BCUT2D eigenvalue weighted by Gasteiger charge is 2.64. The molecule has 6 atom stereocenters. The smallest absolute Gasteiger partial charge is 0.410 e. The monoisotopic (exact) mass is 834 g/mol. The number of sulfonamides is 1. The molecule has 20 heteroatoms. The van der Waals surface area contributed by atoms with Crippen molar-refractivity contribution in [1.29, 1.82) is 0 Å². The van der Waals surface area contributed by atoms with Crippen LogP contribution in [0.5, 0.6) is 0 Å². The van der Waals surface area contributed by atoms with E-state index in [-0.39, 0.29) is 64.2 Å². The summed E-state index contributed by atoms with van der Waals surface area (Å²) in [5, 5.41) is 7.16. The number of cyclic esters (lactones) is 1. The molecular formula is C38H51FN6O12S. The number of benzene rings is 1. The molecule has 2 saturated heterocycles. The van der Waals surface area contributed by atoms with Crippen molar-refractivity contribution in [3.8, 4) is 0 Å². The summed E-state index contributed by atoms with van der Waals surface area (Å²) in [6.45, 7) is 7.99. The second-order valence-corrected chi connectivity index (χ2v) is 18.9. The zero-order valence-corrected chi connectivity index (χ0v) is 33.9. The summed E-state index contributed by atoms with van der Waals surface area (Å²) < 4.78 is 58.4. The van der Waals surface area contributed by atoms with Gasteiger partial charge in [-0.15, -0.1) is 0 Å². The molecule has 58 heavy (non-hydrogen) atoms. The Bertz CT molecular complexity index is 1970. The highest BCUT2D eigenvalue weighted by atomic mass is 32.2. The minimum absolute atomic E-state index is 0.0637. The van der Waals surface area contributed by atoms with E-state index in [0.29, 0.717) is 24.0 Å². The van der Waals surface area contributed by atoms with E-state index in [2.05, 4.69) is 20.7 Å². The fraction of sp³-hybridized carbons (Fsp3) is 0.658. The van der Waals surface area contributed by atoms with Crippen LogP contribution in [0.3, 0.4) is 0 Å². The highest BCUT2D eigenvalue weighted by Crippen LogP contribution is 2.49. The Balaban J connectivity index is 1.23. The van der Waals surface area contributed by atoms with Crippen LogP contribution in [-0.2, 0) is 61.3 Å². The lowest BCUT2D eigenvalue weighted by molar-refractivity contribution is -0.148.